The van der Waals surface area contributed by atoms with Crippen molar-refractivity contribution in [3.8, 4) is 11.5 Å². The van der Waals surface area contributed by atoms with Gasteiger partial charge in [0, 0.05) is 25.0 Å². The molecule has 27 heavy (non-hydrogen) atoms. The van der Waals surface area contributed by atoms with Gasteiger partial charge >= 0.3 is 5.97 Å². The van der Waals surface area contributed by atoms with Crippen molar-refractivity contribution in [3.63, 3.8) is 0 Å². The fraction of sp³-hybridized carbons (Fsp3) is 0.333. The van der Waals surface area contributed by atoms with E-state index in [1.807, 2.05) is 6.92 Å². The van der Waals surface area contributed by atoms with Gasteiger partial charge in [0.05, 0.1) is 17.1 Å². The molecular weight excluding hydrogens is 374 g/mol. The molecule has 3 rings (SSSR count). The minimum absolute atomic E-state index is 0.0382. The zero-order chi connectivity index (χ0) is 19.4. The summed E-state index contributed by atoms with van der Waals surface area (Å²) < 4.78 is 11.5. The maximum absolute atomic E-state index is 12.1. The number of carbonyl (C=O) groups is 2. The number of halogens is 1. The minimum Gasteiger partial charge on any atom is -0.481 e. The van der Waals surface area contributed by atoms with Crippen LogP contribution in [0, 0.1) is 0 Å². The Balaban J connectivity index is 1.87. The van der Waals surface area contributed by atoms with Crippen LogP contribution in [0.5, 0.6) is 11.5 Å². The molecule has 2 aromatic rings. The average Bonchev–Trinajstić information content (AvgIpc) is 2.66. The Hall–Kier alpha value is -2.87. The van der Waals surface area contributed by atoms with Gasteiger partial charge in [-0.1, -0.05) is 18.5 Å². The van der Waals surface area contributed by atoms with Gasteiger partial charge in [0.2, 0.25) is 0 Å². The highest BCUT2D eigenvalue weighted by atomic mass is 35.5. The van der Waals surface area contributed by atoms with E-state index in [1.54, 1.807) is 30.6 Å². The van der Waals surface area contributed by atoms with Gasteiger partial charge in [-0.15, -0.1) is 0 Å². The molecule has 0 spiro atoms. The molecule has 1 N–H and O–H groups in total. The summed E-state index contributed by atoms with van der Waals surface area (Å²) in [7, 11) is 0. The standard InChI is InChI=1S/C18H18ClN3O5/c1-2-13(18-20-5-3-6-21-18)27-14-9-15-12(8-11(14)19)22(7-4-17(24)25)16(23)10-26-15/h3,5-6,8-9,13H,2,4,7,10H2,1H3,(H,24,25). The number of carboxylic acid groups (broad SMARTS) is 1. The minimum atomic E-state index is -0.990. The highest BCUT2D eigenvalue weighted by molar-refractivity contribution is 6.32. The number of carbonyl (C=O) groups excluding carboxylic acids is 1. The van der Waals surface area contributed by atoms with Gasteiger partial charge in [0.25, 0.3) is 5.91 Å². The van der Waals surface area contributed by atoms with Crippen molar-refractivity contribution >= 4 is 29.2 Å². The number of rotatable bonds is 7. The molecule has 1 aromatic carbocycles. The summed E-state index contributed by atoms with van der Waals surface area (Å²) >= 11 is 6.35. The third kappa shape index (κ3) is 4.28. The van der Waals surface area contributed by atoms with Gasteiger partial charge in [0.1, 0.15) is 11.5 Å². The quantitative estimate of drug-likeness (QED) is 0.774. The lowest BCUT2D eigenvalue weighted by molar-refractivity contribution is -0.136. The number of anilines is 1. The van der Waals surface area contributed by atoms with Crippen LogP contribution in [-0.2, 0) is 9.59 Å². The first-order valence-electron chi connectivity index (χ1n) is 8.41. The molecule has 0 saturated heterocycles. The third-order valence-electron chi connectivity index (χ3n) is 4.02. The van der Waals surface area contributed by atoms with Gasteiger partial charge in [-0.2, -0.15) is 0 Å². The summed E-state index contributed by atoms with van der Waals surface area (Å²) in [5.41, 5.74) is 0.425. The molecule has 0 aliphatic carbocycles. The molecule has 1 aliphatic rings. The predicted octanol–water partition coefficient (Wildman–Crippen LogP) is 2.86. The average molecular weight is 392 g/mol. The summed E-state index contributed by atoms with van der Waals surface area (Å²) in [6.45, 7) is 1.80. The van der Waals surface area contributed by atoms with Crippen LogP contribution in [0.25, 0.3) is 0 Å². The number of fused-ring (bicyclic) bond motifs is 1. The van der Waals surface area contributed by atoms with Crippen LogP contribution in [0.4, 0.5) is 5.69 Å². The van der Waals surface area contributed by atoms with Gasteiger partial charge in [-0.05, 0) is 18.6 Å². The van der Waals surface area contributed by atoms with Crippen LogP contribution in [0.15, 0.2) is 30.6 Å². The van der Waals surface area contributed by atoms with E-state index < -0.39 is 12.1 Å². The number of hydrogen-bond acceptors (Lipinski definition) is 6. The summed E-state index contributed by atoms with van der Waals surface area (Å²) in [5, 5.41) is 9.16. The highest BCUT2D eigenvalue weighted by Crippen LogP contribution is 2.41. The molecule has 1 unspecified atom stereocenters. The Morgan fingerprint density at radius 3 is 2.81 bits per heavy atom. The molecular formula is C18H18ClN3O5. The molecule has 0 radical (unpaired) electrons. The first-order chi connectivity index (χ1) is 13.0. The summed E-state index contributed by atoms with van der Waals surface area (Å²) in [5.74, 6) is 0.00610. The van der Waals surface area contributed by atoms with Crippen molar-refractivity contribution in [1.29, 1.82) is 0 Å². The second kappa shape index (κ2) is 8.22. The molecule has 1 amide bonds. The second-order valence-electron chi connectivity index (χ2n) is 5.85. The van der Waals surface area contributed by atoms with Crippen molar-refractivity contribution in [2.75, 3.05) is 18.1 Å². The first-order valence-corrected chi connectivity index (χ1v) is 8.79. The Kier molecular flexibility index (Phi) is 5.75. The lowest BCUT2D eigenvalue weighted by atomic mass is 10.2. The van der Waals surface area contributed by atoms with Crippen LogP contribution in [0.1, 0.15) is 31.7 Å². The SMILES string of the molecule is CCC(Oc1cc2c(cc1Cl)N(CCC(=O)O)C(=O)CO2)c1ncccn1. The van der Waals surface area contributed by atoms with Crippen LogP contribution >= 0.6 is 11.6 Å². The molecule has 2 heterocycles. The Morgan fingerprint density at radius 2 is 2.15 bits per heavy atom. The molecule has 142 valence electrons. The van der Waals surface area contributed by atoms with Crippen LogP contribution in [-0.4, -0.2) is 40.1 Å². The normalized spacial score (nSPS) is 14.3. The largest absolute Gasteiger partial charge is 0.481 e. The zero-order valence-electron chi connectivity index (χ0n) is 14.6. The third-order valence-corrected chi connectivity index (χ3v) is 4.31. The lowest BCUT2D eigenvalue weighted by Crippen LogP contribution is -2.40. The van der Waals surface area contributed by atoms with Gasteiger partial charge in [-0.3, -0.25) is 9.59 Å². The van der Waals surface area contributed by atoms with E-state index in [2.05, 4.69) is 9.97 Å². The lowest BCUT2D eigenvalue weighted by Gasteiger charge is -2.30. The summed E-state index contributed by atoms with van der Waals surface area (Å²) in [4.78, 5) is 32.7. The fourth-order valence-corrected chi connectivity index (χ4v) is 2.90. The Morgan fingerprint density at radius 1 is 1.41 bits per heavy atom. The van der Waals surface area contributed by atoms with Crippen LogP contribution in [0.2, 0.25) is 5.02 Å². The smallest absolute Gasteiger partial charge is 0.305 e. The van der Waals surface area contributed by atoms with Crippen molar-refractivity contribution in [1.82, 2.24) is 9.97 Å². The number of amides is 1. The molecule has 0 bridgehead atoms. The molecule has 1 atom stereocenters. The topological polar surface area (TPSA) is 102 Å². The monoisotopic (exact) mass is 391 g/mol. The predicted molar refractivity (Wildman–Crippen MR) is 97.2 cm³/mol. The second-order valence-corrected chi connectivity index (χ2v) is 6.26. The number of nitrogens with zero attached hydrogens (tertiary/aromatic N) is 3. The molecule has 8 nitrogen and oxygen atoms in total. The van der Waals surface area contributed by atoms with Gasteiger partial charge in [-0.25, -0.2) is 9.97 Å². The zero-order valence-corrected chi connectivity index (χ0v) is 15.3. The molecule has 0 fully saturated rings. The van der Waals surface area contributed by atoms with E-state index in [1.165, 1.54) is 4.90 Å². The van der Waals surface area contributed by atoms with Crippen LogP contribution in [0.3, 0.4) is 0 Å². The highest BCUT2D eigenvalue weighted by Gasteiger charge is 2.28. The fourth-order valence-electron chi connectivity index (χ4n) is 2.69. The van der Waals surface area contributed by atoms with E-state index in [9.17, 15) is 9.59 Å². The van der Waals surface area contributed by atoms with Gasteiger partial charge < -0.3 is 19.5 Å². The van der Waals surface area contributed by atoms with Crippen molar-refractivity contribution in [3.05, 3.63) is 41.4 Å². The summed E-state index contributed by atoms with van der Waals surface area (Å²) in [6, 6.07) is 4.87. The van der Waals surface area contributed by atoms with Crippen LogP contribution < -0.4 is 14.4 Å². The Labute approximate surface area is 160 Å². The number of aliphatic carboxylic acids is 1. The first kappa shape index (κ1) is 18.9. The maximum atomic E-state index is 12.1. The number of aromatic nitrogens is 2. The Bertz CT molecular complexity index is 846. The number of hydrogen-bond donors (Lipinski definition) is 1. The van der Waals surface area contributed by atoms with Crippen molar-refractivity contribution in [2.24, 2.45) is 0 Å². The number of ether oxygens (including phenoxy) is 2. The van der Waals surface area contributed by atoms with E-state index >= 15 is 0 Å². The molecule has 0 saturated carbocycles. The van der Waals surface area contributed by atoms with E-state index in [-0.39, 0.29) is 30.5 Å². The van der Waals surface area contributed by atoms with E-state index in [4.69, 9.17) is 26.2 Å². The van der Waals surface area contributed by atoms with Crippen molar-refractivity contribution in [2.45, 2.75) is 25.9 Å². The number of carboxylic acids is 1. The molecule has 1 aliphatic heterocycles. The maximum Gasteiger partial charge on any atom is 0.305 e. The number of benzene rings is 1. The van der Waals surface area contributed by atoms with Gasteiger partial charge in [0.15, 0.2) is 18.5 Å². The van der Waals surface area contributed by atoms with Crippen molar-refractivity contribution < 1.29 is 24.2 Å². The molecule has 1 aromatic heterocycles. The molecule has 9 heteroatoms. The van der Waals surface area contributed by atoms with E-state index in [0.29, 0.717) is 29.4 Å². The van der Waals surface area contributed by atoms with E-state index in [0.717, 1.165) is 0 Å². The summed E-state index contributed by atoms with van der Waals surface area (Å²) in [6.07, 6.45) is 3.33.